The smallest absolute Gasteiger partial charge is 0.385 e. The Hall–Kier alpha value is -1.03. The number of hydrogen-bond donors (Lipinski definition) is 1. The molecule has 1 N–H and O–H groups in total. The second-order valence-corrected chi connectivity index (χ2v) is 4.95. The van der Waals surface area contributed by atoms with Crippen LogP contribution in [0, 0.1) is 5.92 Å². The molecule has 0 aliphatic heterocycles. The van der Waals surface area contributed by atoms with E-state index >= 15 is 0 Å². The largest absolute Gasteiger partial charge is 0.416 e. The maximum atomic E-state index is 12.5. The molecular weight excluding hydrogens is 229 g/mol. The van der Waals surface area contributed by atoms with Gasteiger partial charge in [0.15, 0.2) is 0 Å². The Kier molecular flexibility index (Phi) is 3.87. The number of rotatable bonds is 3. The van der Waals surface area contributed by atoms with Crippen LogP contribution in [0.15, 0.2) is 24.3 Å². The summed E-state index contributed by atoms with van der Waals surface area (Å²) in [6.45, 7) is 5.38. The first-order valence-electron chi connectivity index (χ1n) is 5.53. The van der Waals surface area contributed by atoms with Crippen molar-refractivity contribution < 1.29 is 18.3 Å². The zero-order valence-electron chi connectivity index (χ0n) is 10.2. The second kappa shape index (κ2) is 4.69. The predicted octanol–water partition coefficient (Wildman–Crippen LogP) is 3.96. The molecule has 0 heterocycles. The lowest BCUT2D eigenvalue weighted by Crippen LogP contribution is -2.24. The van der Waals surface area contributed by atoms with Crippen LogP contribution in [0.5, 0.6) is 0 Å². The minimum atomic E-state index is -4.37. The minimum absolute atomic E-state index is 0.208. The molecule has 0 saturated heterocycles. The van der Waals surface area contributed by atoms with Crippen LogP contribution in [-0.4, -0.2) is 5.11 Å². The predicted molar refractivity (Wildman–Crippen MR) is 60.5 cm³/mol. The number of alkyl halides is 3. The summed E-state index contributed by atoms with van der Waals surface area (Å²) in [5, 5.41) is 10.2. The van der Waals surface area contributed by atoms with Crippen LogP contribution in [0.1, 0.15) is 38.3 Å². The summed E-state index contributed by atoms with van der Waals surface area (Å²) < 4.78 is 37.6. The SMILES string of the molecule is CC(C)CC(C)(O)c1cccc(C(F)(F)F)c1. The molecule has 17 heavy (non-hydrogen) atoms. The van der Waals surface area contributed by atoms with Crippen molar-refractivity contribution in [2.24, 2.45) is 5.92 Å². The first-order valence-corrected chi connectivity index (χ1v) is 5.53. The molecule has 1 aromatic rings. The van der Waals surface area contributed by atoms with Crippen molar-refractivity contribution in [1.29, 1.82) is 0 Å². The van der Waals surface area contributed by atoms with Gasteiger partial charge in [0.2, 0.25) is 0 Å². The Morgan fingerprint density at radius 1 is 1.18 bits per heavy atom. The number of aliphatic hydroxyl groups is 1. The first kappa shape index (κ1) is 14.0. The van der Waals surface area contributed by atoms with E-state index in [2.05, 4.69) is 0 Å². The summed E-state index contributed by atoms with van der Waals surface area (Å²) in [6, 6.07) is 4.88. The zero-order chi connectivity index (χ0) is 13.3. The van der Waals surface area contributed by atoms with Crippen molar-refractivity contribution in [1.82, 2.24) is 0 Å². The van der Waals surface area contributed by atoms with Crippen molar-refractivity contribution in [2.45, 2.75) is 39.0 Å². The molecule has 1 unspecified atom stereocenters. The van der Waals surface area contributed by atoms with Crippen molar-refractivity contribution >= 4 is 0 Å². The summed E-state index contributed by atoms with van der Waals surface area (Å²) >= 11 is 0. The van der Waals surface area contributed by atoms with Crippen LogP contribution in [0.2, 0.25) is 0 Å². The number of halogens is 3. The average molecular weight is 246 g/mol. The normalized spacial score (nSPS) is 16.0. The molecule has 4 heteroatoms. The van der Waals surface area contributed by atoms with Crippen molar-refractivity contribution in [3.05, 3.63) is 35.4 Å². The molecule has 0 spiro atoms. The van der Waals surface area contributed by atoms with E-state index in [0.717, 1.165) is 12.1 Å². The van der Waals surface area contributed by atoms with Crippen LogP contribution >= 0.6 is 0 Å². The fraction of sp³-hybridized carbons (Fsp3) is 0.538. The summed E-state index contributed by atoms with van der Waals surface area (Å²) in [5.41, 5.74) is -1.64. The Bertz CT molecular complexity index is 380. The van der Waals surface area contributed by atoms with Gasteiger partial charge in [0, 0.05) is 0 Å². The highest BCUT2D eigenvalue weighted by atomic mass is 19.4. The van der Waals surface area contributed by atoms with Gasteiger partial charge < -0.3 is 5.11 Å². The quantitative estimate of drug-likeness (QED) is 0.855. The van der Waals surface area contributed by atoms with Gasteiger partial charge in [-0.25, -0.2) is 0 Å². The molecule has 0 bridgehead atoms. The van der Waals surface area contributed by atoms with Gasteiger partial charge in [-0.3, -0.25) is 0 Å². The topological polar surface area (TPSA) is 20.2 Å². The molecule has 0 aliphatic carbocycles. The molecule has 0 aliphatic rings. The molecule has 0 radical (unpaired) electrons. The van der Waals surface area contributed by atoms with Crippen LogP contribution in [0.25, 0.3) is 0 Å². The van der Waals surface area contributed by atoms with Crippen molar-refractivity contribution in [2.75, 3.05) is 0 Å². The number of benzene rings is 1. The third-order valence-corrected chi connectivity index (χ3v) is 2.62. The Balaban J connectivity index is 3.07. The molecule has 0 fully saturated rings. The first-order chi connectivity index (χ1) is 7.63. The fourth-order valence-electron chi connectivity index (χ4n) is 1.94. The molecule has 1 aromatic carbocycles. The molecule has 1 nitrogen and oxygen atoms in total. The van der Waals surface area contributed by atoms with Gasteiger partial charge >= 0.3 is 6.18 Å². The van der Waals surface area contributed by atoms with Crippen LogP contribution in [0.3, 0.4) is 0 Å². The molecule has 1 rings (SSSR count). The Labute approximate surface area is 99.3 Å². The van der Waals surface area contributed by atoms with Crippen molar-refractivity contribution in [3.63, 3.8) is 0 Å². The van der Waals surface area contributed by atoms with E-state index < -0.39 is 17.3 Å². The van der Waals surface area contributed by atoms with Gasteiger partial charge in [-0.05, 0) is 37.0 Å². The highest BCUT2D eigenvalue weighted by molar-refractivity contribution is 5.29. The highest BCUT2D eigenvalue weighted by Crippen LogP contribution is 2.34. The number of hydrogen-bond acceptors (Lipinski definition) is 1. The molecule has 96 valence electrons. The molecule has 1 atom stereocenters. The molecular formula is C13H17F3O. The van der Waals surface area contributed by atoms with E-state index in [4.69, 9.17) is 0 Å². The van der Waals surface area contributed by atoms with Gasteiger partial charge in [-0.2, -0.15) is 13.2 Å². The minimum Gasteiger partial charge on any atom is -0.385 e. The maximum absolute atomic E-state index is 12.5. The summed E-state index contributed by atoms with van der Waals surface area (Å²) in [5.74, 6) is 0.208. The molecule has 0 amide bonds. The fourth-order valence-corrected chi connectivity index (χ4v) is 1.94. The Morgan fingerprint density at radius 3 is 2.18 bits per heavy atom. The van der Waals surface area contributed by atoms with E-state index in [9.17, 15) is 18.3 Å². The van der Waals surface area contributed by atoms with Gasteiger partial charge in [-0.1, -0.05) is 26.0 Å². The van der Waals surface area contributed by atoms with E-state index in [1.54, 1.807) is 6.92 Å². The van der Waals surface area contributed by atoms with Gasteiger partial charge in [0.25, 0.3) is 0 Å². The summed E-state index contributed by atoms with van der Waals surface area (Å²) in [7, 11) is 0. The van der Waals surface area contributed by atoms with Crippen LogP contribution in [-0.2, 0) is 11.8 Å². The van der Waals surface area contributed by atoms with Gasteiger partial charge in [0.1, 0.15) is 0 Å². The van der Waals surface area contributed by atoms with E-state index in [1.807, 2.05) is 13.8 Å². The van der Waals surface area contributed by atoms with Crippen LogP contribution < -0.4 is 0 Å². The molecule has 0 saturated carbocycles. The highest BCUT2D eigenvalue weighted by Gasteiger charge is 2.32. The van der Waals surface area contributed by atoms with Crippen LogP contribution in [0.4, 0.5) is 13.2 Å². The summed E-state index contributed by atoms with van der Waals surface area (Å²) in [6.07, 6.45) is -3.95. The van der Waals surface area contributed by atoms with Crippen molar-refractivity contribution in [3.8, 4) is 0 Å². The lowest BCUT2D eigenvalue weighted by molar-refractivity contribution is -0.137. The van der Waals surface area contributed by atoms with Gasteiger partial charge in [0.05, 0.1) is 11.2 Å². The van der Waals surface area contributed by atoms with E-state index in [-0.39, 0.29) is 5.92 Å². The lowest BCUT2D eigenvalue weighted by atomic mass is 9.87. The third kappa shape index (κ3) is 3.73. The maximum Gasteiger partial charge on any atom is 0.416 e. The lowest BCUT2D eigenvalue weighted by Gasteiger charge is -2.26. The third-order valence-electron chi connectivity index (χ3n) is 2.62. The zero-order valence-corrected chi connectivity index (χ0v) is 10.2. The van der Waals surface area contributed by atoms with E-state index in [1.165, 1.54) is 12.1 Å². The standard InChI is InChI=1S/C13H17F3O/c1-9(2)8-12(3,17)10-5-4-6-11(7-10)13(14,15)16/h4-7,9,17H,8H2,1-3H3. The average Bonchev–Trinajstić information content (AvgIpc) is 2.14. The van der Waals surface area contributed by atoms with Gasteiger partial charge in [-0.15, -0.1) is 0 Å². The summed E-state index contributed by atoms with van der Waals surface area (Å²) in [4.78, 5) is 0. The Morgan fingerprint density at radius 2 is 1.71 bits per heavy atom. The second-order valence-electron chi connectivity index (χ2n) is 4.95. The van der Waals surface area contributed by atoms with E-state index in [0.29, 0.717) is 12.0 Å². The monoisotopic (exact) mass is 246 g/mol. The molecule has 0 aromatic heterocycles.